The molecule has 0 unspecified atom stereocenters. The molecule has 0 aromatic carbocycles. The number of hydrogen-bond donors (Lipinski definition) is 16. The van der Waals surface area contributed by atoms with Gasteiger partial charge in [0, 0.05) is 138 Å². The Labute approximate surface area is 1040 Å². The van der Waals surface area contributed by atoms with Crippen LogP contribution < -0.4 is 236 Å². The van der Waals surface area contributed by atoms with Crippen molar-refractivity contribution in [1.29, 1.82) is 0 Å². The maximum atomic E-state index is 12.2. The Hall–Kier alpha value is 8.80. The molecule has 0 aliphatic carbocycles. The van der Waals surface area contributed by atoms with Crippen LogP contribution in [0.3, 0.4) is 0 Å². The maximum absolute atomic E-state index is 12.2. The largest absolute Gasteiger partial charge is 1.00 e. The molecular weight excluding hydrogens is 2360 g/mol. The number of rotatable bonds is 40. The van der Waals surface area contributed by atoms with Crippen molar-refractivity contribution < 1.29 is 498 Å². The Balaban J connectivity index is 0.0000130. The molecule has 0 aromatic rings. The summed E-state index contributed by atoms with van der Waals surface area (Å²) in [4.78, 5) is 0. The second-order valence-corrected chi connectivity index (χ2v) is 53.1. The van der Waals surface area contributed by atoms with Crippen molar-refractivity contribution in [2.24, 2.45) is 0 Å². The van der Waals surface area contributed by atoms with E-state index < -0.39 is 465 Å². The minimum absolute atomic E-state index is 0. The maximum Gasteiger partial charge on any atom is 1.00 e. The first-order chi connectivity index (χ1) is 63.1. The molecule has 30 aliphatic rings. The van der Waals surface area contributed by atoms with Gasteiger partial charge in [0.15, 0.2) is 50.3 Å². The Morgan fingerprint density at radius 2 is 0.236 bits per heavy atom. The van der Waals surface area contributed by atoms with Crippen molar-refractivity contribution in [3.8, 4) is 0 Å². The predicted octanol–water partition coefficient (Wildman–Crippen LogP) is -39.1. The van der Waals surface area contributed by atoms with Crippen LogP contribution in [-0.2, 0) is 157 Å². The molecule has 0 aromatic heterocycles. The second-order valence-electron chi connectivity index (χ2n) is 31.7. The molecule has 30 aliphatic heterocycles. The van der Waals surface area contributed by atoms with Gasteiger partial charge in [0.05, 0.1) is 130 Å². The second kappa shape index (κ2) is 68.3. The van der Waals surface area contributed by atoms with Crippen LogP contribution in [0.5, 0.6) is 0 Å². The minimum atomic E-state index is -5.01. The van der Waals surface area contributed by atoms with E-state index in [1.54, 1.807) is 0 Å². The molecule has 800 valence electrons. The third-order valence-corrected chi connectivity index (χ3v) is 37.7. The number of aliphatic hydroxyl groups is 16. The van der Waals surface area contributed by atoms with Crippen LogP contribution in [0.4, 0.5) is 0 Å². The molecule has 40 atom stereocenters. The van der Waals surface area contributed by atoms with Crippen molar-refractivity contribution in [3.63, 3.8) is 0 Å². The first kappa shape index (κ1) is 151. The number of hydrogen-bond acceptors (Lipinski definition) is 64. The van der Waals surface area contributed by atoms with Gasteiger partial charge in [0.2, 0.25) is 0 Å². The van der Waals surface area contributed by atoms with E-state index in [1.807, 2.05) is 0 Å². The van der Waals surface area contributed by atoms with Crippen LogP contribution in [0.25, 0.3) is 0 Å². The van der Waals surface area contributed by atoms with Gasteiger partial charge < -0.3 is 194 Å². The topological polar surface area (TPSA) is 929 Å². The van der Waals surface area contributed by atoms with Crippen LogP contribution in [0.15, 0.2) is 0 Å². The molecule has 0 spiro atoms. The zero-order valence-corrected chi connectivity index (χ0v) is 107. The van der Waals surface area contributed by atoms with E-state index in [2.05, 4.69) is 0 Å². The minimum Gasteiger partial charge on any atom is -0.748 e. The van der Waals surface area contributed by atoms with Gasteiger partial charge in [-0.05, 0) is 0 Å². The van der Waals surface area contributed by atoms with E-state index in [1.165, 1.54) is 0 Å². The van der Waals surface area contributed by atoms with Crippen LogP contribution >= 0.6 is 94.1 Å². The summed E-state index contributed by atoms with van der Waals surface area (Å²) in [5.74, 6) is -18.7. The molecule has 30 saturated heterocycles. The Bertz CT molecular complexity index is 3870. The fraction of sp³-hybridized carbons (Fsp3) is 1.00. The summed E-state index contributed by atoms with van der Waals surface area (Å²) in [7, 11) is -40.1. The number of aliphatic hydroxyl groups excluding tert-OH is 16. The molecule has 16 bridgehead atoms. The monoisotopic (exact) mass is 2460 g/mol. The standard InChI is InChI=1S/C64H112O56S16.8Na/c65-33-41(73)57-105-25(17-121-1-9-129(81,82)83)49(33)113-58-42(74)34(66)51(27(106-58)19-123-3-11-131(87,88)89)115-60-44(76)36(68)53(29(108-60)21-125-5-13-133(93,94)95)117-62-46(78)38(70)55(31(110-62)23-127-7-15-135(99,100)101)119-64-48(80)40(72)56(32(112-64)24-128-8-16-136(102,103)104)120-63-47(79)39(71)54(30(111-63)22-126-6-14-134(96,97)98)118-61-45(77)37(69)52(28(109-61)20-124-4-12-132(90,91)92)116-59-43(75)35(67)50(114-57)26(107-59)18-122-2-10-130(84,85)86;;;;;;;;/h25-80H,1-24H2,(H,81,82,83)(H,84,85,86)(H,87,88,89)(H,90,91,92)(H,93,94,95)(H,96,97,98)(H,99,100,101)(H,102,103,104);;;;;;;;/q;8*+1/p-8/t25-,26-,27-,28-,29-,30-,31-,32-,33-,34-,35-,36-,37-,38-,39-,40-,41-,42-,43-,44-,45-,46-,47-,48-,49-,50-,51-,52-,53-,54-,55-,56-,57-,58-,59-,60-,61-,62-,63-,64-;;;;;;;;/m1......../s1. The van der Waals surface area contributed by atoms with Gasteiger partial charge in [-0.3, -0.25) is 0 Å². The number of thioether (sulfide) groups is 8. The Morgan fingerprint density at radius 1 is 0.153 bits per heavy atom. The van der Waals surface area contributed by atoms with Gasteiger partial charge in [-0.2, -0.15) is 94.1 Å². The predicted molar refractivity (Wildman–Crippen MR) is 459 cm³/mol. The first-order valence-corrected chi connectivity index (χ1v) is 62.4. The zero-order valence-electron chi connectivity index (χ0n) is 78.1. The Kier molecular flexibility index (Phi) is 71.5. The van der Waals surface area contributed by atoms with E-state index in [0.717, 1.165) is 0 Å². The molecule has 0 radical (unpaired) electrons. The van der Waals surface area contributed by atoms with Crippen molar-refractivity contribution in [2.45, 2.75) is 246 Å². The molecule has 30 rings (SSSR count). The zero-order chi connectivity index (χ0) is 101. The van der Waals surface area contributed by atoms with Crippen molar-refractivity contribution in [1.82, 2.24) is 0 Å². The van der Waals surface area contributed by atoms with Crippen LogP contribution in [0.1, 0.15) is 0 Å². The molecule has 80 heteroatoms. The summed E-state index contributed by atoms with van der Waals surface area (Å²) < 4.78 is 383. The molecule has 30 heterocycles. The van der Waals surface area contributed by atoms with Gasteiger partial charge in [-0.15, -0.1) is 0 Å². The van der Waals surface area contributed by atoms with Gasteiger partial charge in [-0.25, -0.2) is 67.3 Å². The van der Waals surface area contributed by atoms with Crippen LogP contribution in [0.2, 0.25) is 0 Å². The summed E-state index contributed by atoms with van der Waals surface area (Å²) in [6, 6.07) is 0. The SMILES string of the molecule is O=S(=O)([O-])CCSC[C@H]1O[C@@H]2O[C@H]3[C@H](O)[C@@H](O)[C@@H](O[C@H]4[C@H](O)[C@@H](O)[C@@H](O[C@H]5[C@H](O)[C@@H](O)[C@@H](O[C@H]6[C@H](O)[C@@H](O)[C@@H](O[C@H]7[C@H](O)[C@@H](O)[C@@H](O[C@H]8[C@H](O)[C@@H](O)[C@@H](O[C@H]9[C@H](O)[C@@H](O)[C@@H](O[C@H]1[C@H](O)[C@H]2O)O[C@@H]9CSCCS(=O)(=O)[O-])O[C@@H]8CSCCS(=O)(=O)[O-])O[C@@H]7CSCCS(=O)(=O)[O-])O[C@@H]6CSCCS(=O)(=O)[O-])O[C@@H]5CSCCS(=O)(=O)[O-])O[C@@H]4CSCCS(=O)(=O)[O-])O[C@@H]3CSCCS(=O)(=O)[O-].[Na+].[Na+].[Na+].[Na+].[Na+].[Na+].[Na+].[Na+]. The molecular formula is C64H104Na8O56S16. The number of ether oxygens (including phenoxy) is 16. The van der Waals surface area contributed by atoms with E-state index >= 15 is 0 Å². The fourth-order valence-corrected chi connectivity index (χ4v) is 30.3. The van der Waals surface area contributed by atoms with Gasteiger partial charge >= 0.3 is 236 Å². The van der Waals surface area contributed by atoms with Gasteiger partial charge in [0.25, 0.3) is 0 Å². The van der Waals surface area contributed by atoms with Crippen molar-refractivity contribution in [2.75, 3.05) is 138 Å². The normalized spacial score (nSPS) is 38.7. The van der Waals surface area contributed by atoms with E-state index in [4.69, 9.17) is 75.8 Å². The quantitative estimate of drug-likeness (QED) is 0.0154. The van der Waals surface area contributed by atoms with Gasteiger partial charge in [-0.1, -0.05) is 0 Å². The molecule has 16 N–H and O–H groups in total. The first-order valence-electron chi connectivity index (χ1n) is 40.5. The summed E-state index contributed by atoms with van der Waals surface area (Å²) in [5.41, 5.74) is 0. The molecule has 144 heavy (non-hydrogen) atoms. The fourth-order valence-electron chi connectivity index (χ4n) is 14.7. The summed E-state index contributed by atoms with van der Waals surface area (Å²) >= 11 is 4.57. The summed E-state index contributed by atoms with van der Waals surface area (Å²) in [5, 5.41) is 195. The van der Waals surface area contributed by atoms with Crippen molar-refractivity contribution >= 4 is 175 Å². The van der Waals surface area contributed by atoms with Crippen LogP contribution in [0, 0.1) is 0 Å². The van der Waals surface area contributed by atoms with E-state index in [9.17, 15) is 185 Å². The Morgan fingerprint density at radius 3 is 0.312 bits per heavy atom. The third-order valence-electron chi connectivity index (χ3n) is 21.5. The molecule has 0 saturated carbocycles. The average molecular weight is 2470 g/mol. The van der Waals surface area contributed by atoms with Crippen LogP contribution in [-0.4, -0.2) is 569 Å². The van der Waals surface area contributed by atoms with Crippen molar-refractivity contribution in [3.05, 3.63) is 0 Å². The average Bonchev–Trinajstić information content (AvgIpc) is 0.767. The smallest absolute Gasteiger partial charge is 0.748 e. The molecule has 0 amide bonds. The third kappa shape index (κ3) is 48.3. The summed E-state index contributed by atoms with van der Waals surface area (Å²) in [6.07, 6.45) is -91.7. The molecule has 56 nitrogen and oxygen atoms in total. The molecule has 30 fully saturated rings. The van der Waals surface area contributed by atoms with E-state index in [-0.39, 0.29) is 236 Å². The van der Waals surface area contributed by atoms with E-state index in [0.29, 0.717) is 94.1 Å². The summed E-state index contributed by atoms with van der Waals surface area (Å²) in [6.45, 7) is 0. The van der Waals surface area contributed by atoms with Gasteiger partial charge in [0.1, 0.15) is 146 Å².